The molecule has 134 valence electrons. The smallest absolute Gasteiger partial charge is 0.263 e. The Balaban J connectivity index is 1.74. The summed E-state index contributed by atoms with van der Waals surface area (Å²) in [7, 11) is -3.78. The fraction of sp³-hybridized carbons (Fsp3) is 0.333. The molecule has 3 rings (SSSR count). The van der Waals surface area contributed by atoms with Crippen LogP contribution in [-0.2, 0) is 26.1 Å². The van der Waals surface area contributed by atoms with Gasteiger partial charge in [-0.1, -0.05) is 17.7 Å². The number of hydrogen-bond donors (Lipinski definition) is 1. The van der Waals surface area contributed by atoms with Gasteiger partial charge in [-0.3, -0.25) is 9.52 Å². The highest BCUT2D eigenvalue weighted by Crippen LogP contribution is 2.26. The molecule has 1 saturated heterocycles. The Morgan fingerprint density at radius 1 is 1.44 bits per heavy atom. The van der Waals surface area contributed by atoms with Gasteiger partial charge in [0.1, 0.15) is 6.61 Å². The number of nitrogens with one attached hydrogen (secondary N) is 1. The van der Waals surface area contributed by atoms with Gasteiger partial charge in [-0.2, -0.15) is 0 Å². The van der Waals surface area contributed by atoms with Gasteiger partial charge in [0.2, 0.25) is 5.91 Å². The minimum Gasteiger partial charge on any atom is -0.370 e. The summed E-state index contributed by atoms with van der Waals surface area (Å²) >= 11 is 7.16. The van der Waals surface area contributed by atoms with Crippen molar-refractivity contribution in [2.45, 2.75) is 18.4 Å². The highest BCUT2D eigenvalue weighted by atomic mass is 35.5. The maximum atomic E-state index is 12.5. The highest BCUT2D eigenvalue weighted by molar-refractivity contribution is 7.93. The molecular weight excluding hydrogens is 386 g/mol. The molecule has 1 aromatic carbocycles. The Labute approximate surface area is 154 Å². The van der Waals surface area contributed by atoms with Crippen LogP contribution in [-0.4, -0.2) is 44.0 Å². The number of benzene rings is 1. The van der Waals surface area contributed by atoms with Crippen LogP contribution >= 0.6 is 22.9 Å². The molecular formula is C15H16ClN3O4S2. The summed E-state index contributed by atoms with van der Waals surface area (Å²) in [6.45, 7) is 3.03. The number of halogens is 1. The lowest BCUT2D eigenvalue weighted by Crippen LogP contribution is -2.41. The first-order valence-corrected chi connectivity index (χ1v) is 10.2. The number of anilines is 1. The Morgan fingerprint density at radius 3 is 3.00 bits per heavy atom. The molecule has 7 nitrogen and oxygen atoms in total. The van der Waals surface area contributed by atoms with Crippen molar-refractivity contribution >= 4 is 44.0 Å². The SMILES string of the molecule is Cc1c(Cl)cccc1S(=O)(=O)Nc1nc(CN2CCOCC2=O)cs1. The second-order valence-electron chi connectivity index (χ2n) is 5.48. The lowest BCUT2D eigenvalue weighted by molar-refractivity contribution is -0.143. The van der Waals surface area contributed by atoms with Crippen LogP contribution in [0.1, 0.15) is 11.3 Å². The molecule has 0 saturated carbocycles. The summed E-state index contributed by atoms with van der Waals surface area (Å²) in [6.07, 6.45) is 0. The quantitative estimate of drug-likeness (QED) is 0.830. The van der Waals surface area contributed by atoms with E-state index < -0.39 is 10.0 Å². The van der Waals surface area contributed by atoms with E-state index in [1.807, 2.05) is 0 Å². The van der Waals surface area contributed by atoms with E-state index in [4.69, 9.17) is 16.3 Å². The third kappa shape index (κ3) is 4.12. The summed E-state index contributed by atoms with van der Waals surface area (Å²) in [5, 5.41) is 2.36. The van der Waals surface area contributed by atoms with Gasteiger partial charge in [0.25, 0.3) is 10.0 Å². The van der Waals surface area contributed by atoms with Crippen LogP contribution in [0.15, 0.2) is 28.5 Å². The van der Waals surface area contributed by atoms with Crippen LogP contribution in [0, 0.1) is 6.92 Å². The number of rotatable bonds is 5. The molecule has 1 N–H and O–H groups in total. The third-order valence-corrected chi connectivity index (χ3v) is 6.55. The van der Waals surface area contributed by atoms with E-state index in [-0.39, 0.29) is 22.5 Å². The van der Waals surface area contributed by atoms with E-state index in [2.05, 4.69) is 9.71 Å². The lowest BCUT2D eigenvalue weighted by Gasteiger charge is -2.25. The third-order valence-electron chi connectivity index (χ3n) is 3.72. The molecule has 0 atom stereocenters. The number of aromatic nitrogens is 1. The number of morpholine rings is 1. The number of ether oxygens (including phenoxy) is 1. The van der Waals surface area contributed by atoms with Gasteiger partial charge in [-0.05, 0) is 24.6 Å². The molecule has 1 aromatic heterocycles. The molecule has 25 heavy (non-hydrogen) atoms. The van der Waals surface area contributed by atoms with Gasteiger partial charge in [-0.15, -0.1) is 11.3 Å². The van der Waals surface area contributed by atoms with Crippen molar-refractivity contribution in [3.63, 3.8) is 0 Å². The van der Waals surface area contributed by atoms with Crippen LogP contribution in [0.25, 0.3) is 0 Å². The van der Waals surface area contributed by atoms with Gasteiger partial charge in [0, 0.05) is 16.9 Å². The van der Waals surface area contributed by atoms with Crippen molar-refractivity contribution in [2.24, 2.45) is 0 Å². The monoisotopic (exact) mass is 401 g/mol. The molecule has 0 bridgehead atoms. The zero-order chi connectivity index (χ0) is 18.0. The maximum absolute atomic E-state index is 12.5. The van der Waals surface area contributed by atoms with E-state index in [0.717, 1.165) is 0 Å². The van der Waals surface area contributed by atoms with Gasteiger partial charge in [0.15, 0.2) is 5.13 Å². The van der Waals surface area contributed by atoms with Crippen LogP contribution in [0.3, 0.4) is 0 Å². The molecule has 1 aliphatic heterocycles. The number of hydrogen-bond acceptors (Lipinski definition) is 6. The minimum atomic E-state index is -3.78. The molecule has 10 heteroatoms. The number of thiazole rings is 1. The van der Waals surface area contributed by atoms with Crippen LogP contribution < -0.4 is 4.72 Å². The van der Waals surface area contributed by atoms with Crippen LogP contribution in [0.4, 0.5) is 5.13 Å². The van der Waals surface area contributed by atoms with E-state index in [0.29, 0.717) is 36.0 Å². The molecule has 1 amide bonds. The van der Waals surface area contributed by atoms with Gasteiger partial charge >= 0.3 is 0 Å². The highest BCUT2D eigenvalue weighted by Gasteiger charge is 2.22. The minimum absolute atomic E-state index is 0.0671. The Bertz CT molecular complexity index is 898. The zero-order valence-corrected chi connectivity index (χ0v) is 15.7. The molecule has 0 spiro atoms. The molecule has 2 heterocycles. The van der Waals surface area contributed by atoms with Crippen molar-refractivity contribution in [1.29, 1.82) is 0 Å². The number of carbonyl (C=O) groups is 1. The fourth-order valence-corrected chi connectivity index (χ4v) is 4.84. The standard InChI is InChI=1S/C15H16ClN3O4S2/c1-10-12(16)3-2-4-13(10)25(21,22)18-15-17-11(9-24-15)7-19-5-6-23-8-14(19)20/h2-4,9H,5-8H2,1H3,(H,17,18). The molecule has 2 aromatic rings. The second-order valence-corrected chi connectivity index (χ2v) is 8.40. The summed E-state index contributed by atoms with van der Waals surface area (Å²) < 4.78 is 32.6. The first kappa shape index (κ1) is 18.1. The average molecular weight is 402 g/mol. The van der Waals surface area contributed by atoms with Crippen molar-refractivity contribution < 1.29 is 17.9 Å². The zero-order valence-electron chi connectivity index (χ0n) is 13.4. The number of carbonyl (C=O) groups excluding carboxylic acids is 1. The normalized spacial score (nSPS) is 15.4. The number of amides is 1. The Kier molecular flexibility index (Phi) is 5.28. The summed E-state index contributed by atoms with van der Waals surface area (Å²) in [6, 6.07) is 4.71. The molecule has 1 fully saturated rings. The summed E-state index contributed by atoms with van der Waals surface area (Å²) in [5.74, 6) is -0.101. The molecule has 0 radical (unpaired) electrons. The topological polar surface area (TPSA) is 88.6 Å². The lowest BCUT2D eigenvalue weighted by atomic mass is 10.2. The maximum Gasteiger partial charge on any atom is 0.263 e. The largest absolute Gasteiger partial charge is 0.370 e. The second kappa shape index (κ2) is 7.28. The number of nitrogens with zero attached hydrogens (tertiary/aromatic N) is 2. The molecule has 0 unspecified atom stereocenters. The van der Waals surface area contributed by atoms with Crippen molar-refractivity contribution in [1.82, 2.24) is 9.88 Å². The van der Waals surface area contributed by atoms with E-state index >= 15 is 0 Å². The predicted octanol–water partition coefficient (Wildman–Crippen LogP) is 2.26. The summed E-state index contributed by atoms with van der Waals surface area (Å²) in [5.41, 5.74) is 1.10. The van der Waals surface area contributed by atoms with Crippen molar-refractivity contribution in [2.75, 3.05) is 24.5 Å². The van der Waals surface area contributed by atoms with Crippen molar-refractivity contribution in [3.8, 4) is 0 Å². The first-order chi connectivity index (χ1) is 11.9. The van der Waals surface area contributed by atoms with E-state index in [1.54, 1.807) is 29.3 Å². The fourth-order valence-electron chi connectivity index (χ4n) is 2.39. The van der Waals surface area contributed by atoms with E-state index in [1.165, 1.54) is 17.4 Å². The Morgan fingerprint density at radius 2 is 2.24 bits per heavy atom. The van der Waals surface area contributed by atoms with Gasteiger partial charge in [0.05, 0.1) is 23.7 Å². The van der Waals surface area contributed by atoms with Gasteiger partial charge < -0.3 is 9.64 Å². The Hall–Kier alpha value is -1.68. The average Bonchev–Trinajstić information content (AvgIpc) is 2.98. The summed E-state index contributed by atoms with van der Waals surface area (Å²) in [4.78, 5) is 17.8. The van der Waals surface area contributed by atoms with E-state index in [9.17, 15) is 13.2 Å². The molecule has 0 aliphatic carbocycles. The number of sulfonamides is 1. The first-order valence-electron chi connectivity index (χ1n) is 7.44. The molecule has 1 aliphatic rings. The van der Waals surface area contributed by atoms with Crippen LogP contribution in [0.2, 0.25) is 5.02 Å². The predicted molar refractivity (Wildman–Crippen MR) is 95.3 cm³/mol. The van der Waals surface area contributed by atoms with Crippen LogP contribution in [0.5, 0.6) is 0 Å². The van der Waals surface area contributed by atoms with Gasteiger partial charge in [-0.25, -0.2) is 13.4 Å². The van der Waals surface area contributed by atoms with Crippen molar-refractivity contribution in [3.05, 3.63) is 39.9 Å².